The number of halogens is 2. The van der Waals surface area contributed by atoms with Crippen molar-refractivity contribution in [3.63, 3.8) is 0 Å². The standard InChI is InChI=1S/C12H17FINO2S/c1-11(2,18(15,16)17)8-12(3,13)9-4-6-10(14)7-5-9/h4-7H,8H2,1-3H3,(H2,15,16,17). The lowest BCUT2D eigenvalue weighted by Gasteiger charge is -2.30. The molecule has 0 bridgehead atoms. The number of primary sulfonamides is 1. The number of hydrogen-bond donors (Lipinski definition) is 1. The highest BCUT2D eigenvalue weighted by Gasteiger charge is 2.40. The van der Waals surface area contributed by atoms with Gasteiger partial charge in [-0.1, -0.05) is 12.1 Å². The van der Waals surface area contributed by atoms with Gasteiger partial charge in [-0.2, -0.15) is 0 Å². The summed E-state index contributed by atoms with van der Waals surface area (Å²) in [6.07, 6.45) is -0.181. The fourth-order valence-electron chi connectivity index (χ4n) is 1.80. The number of nitrogens with two attached hydrogens (primary N) is 1. The Labute approximate surface area is 121 Å². The lowest BCUT2D eigenvalue weighted by Crippen LogP contribution is -2.42. The first-order valence-corrected chi connectivity index (χ1v) is 8.05. The molecule has 0 fully saturated rings. The Bertz CT molecular complexity index is 524. The van der Waals surface area contributed by atoms with Gasteiger partial charge in [-0.25, -0.2) is 17.9 Å². The molecule has 2 N–H and O–H groups in total. The largest absolute Gasteiger partial charge is 0.239 e. The minimum atomic E-state index is -3.79. The molecular formula is C12H17FINO2S. The Kier molecular flexibility index (Phi) is 4.45. The van der Waals surface area contributed by atoms with Gasteiger partial charge in [0.15, 0.2) is 0 Å². The number of hydrogen-bond acceptors (Lipinski definition) is 2. The topological polar surface area (TPSA) is 60.2 Å². The first-order valence-electron chi connectivity index (χ1n) is 5.43. The van der Waals surface area contributed by atoms with Gasteiger partial charge in [-0.15, -0.1) is 0 Å². The van der Waals surface area contributed by atoms with Crippen molar-refractivity contribution in [3.05, 3.63) is 33.4 Å². The third-order valence-electron chi connectivity index (χ3n) is 2.97. The normalized spacial score (nSPS) is 16.3. The molecule has 0 saturated heterocycles. The lowest BCUT2D eigenvalue weighted by molar-refractivity contribution is 0.160. The minimum Gasteiger partial charge on any atom is -0.239 e. The van der Waals surface area contributed by atoms with Crippen molar-refractivity contribution in [1.29, 1.82) is 0 Å². The Balaban J connectivity index is 3.05. The van der Waals surface area contributed by atoms with Crippen LogP contribution in [0.15, 0.2) is 24.3 Å². The summed E-state index contributed by atoms with van der Waals surface area (Å²) >= 11 is 2.13. The Morgan fingerprint density at radius 3 is 2.06 bits per heavy atom. The second-order valence-corrected chi connectivity index (χ2v) is 8.63. The summed E-state index contributed by atoms with van der Waals surface area (Å²) in [5, 5.41) is 5.13. The maximum Gasteiger partial charge on any atom is 0.214 e. The molecule has 1 atom stereocenters. The van der Waals surface area contributed by atoms with Gasteiger partial charge in [0.25, 0.3) is 0 Å². The summed E-state index contributed by atoms with van der Waals surface area (Å²) in [4.78, 5) is 0. The summed E-state index contributed by atoms with van der Waals surface area (Å²) in [5.41, 5.74) is -1.28. The van der Waals surface area contributed by atoms with Crippen molar-refractivity contribution in [2.75, 3.05) is 0 Å². The van der Waals surface area contributed by atoms with Gasteiger partial charge in [-0.3, -0.25) is 0 Å². The van der Waals surface area contributed by atoms with Crippen molar-refractivity contribution in [1.82, 2.24) is 0 Å². The van der Waals surface area contributed by atoms with Crippen LogP contribution < -0.4 is 5.14 Å². The molecule has 0 spiro atoms. The predicted octanol–water partition coefficient (Wildman–Crippen LogP) is 2.93. The third-order valence-corrected chi connectivity index (χ3v) is 5.38. The van der Waals surface area contributed by atoms with E-state index in [-0.39, 0.29) is 6.42 Å². The van der Waals surface area contributed by atoms with Crippen LogP contribution in [0.5, 0.6) is 0 Å². The van der Waals surface area contributed by atoms with Crippen molar-refractivity contribution < 1.29 is 12.8 Å². The molecule has 3 nitrogen and oxygen atoms in total. The van der Waals surface area contributed by atoms with Crippen molar-refractivity contribution in [3.8, 4) is 0 Å². The van der Waals surface area contributed by atoms with Crippen LogP contribution >= 0.6 is 22.6 Å². The average molecular weight is 385 g/mol. The van der Waals surface area contributed by atoms with Crippen LogP contribution in [-0.4, -0.2) is 13.2 Å². The van der Waals surface area contributed by atoms with E-state index in [1.807, 2.05) is 0 Å². The highest BCUT2D eigenvalue weighted by Crippen LogP contribution is 2.36. The summed E-state index contributed by atoms with van der Waals surface area (Å²) in [5.74, 6) is 0. The molecule has 6 heteroatoms. The molecule has 0 amide bonds. The molecule has 0 radical (unpaired) electrons. The zero-order valence-corrected chi connectivity index (χ0v) is 13.5. The average Bonchev–Trinajstić information content (AvgIpc) is 2.14. The monoisotopic (exact) mass is 385 g/mol. The Hall–Kier alpha value is -0.210. The van der Waals surface area contributed by atoms with Crippen LogP contribution in [0.25, 0.3) is 0 Å². The molecule has 0 aliphatic rings. The van der Waals surface area contributed by atoms with Gasteiger partial charge < -0.3 is 0 Å². The second-order valence-electron chi connectivity index (χ2n) is 5.19. The summed E-state index contributed by atoms with van der Waals surface area (Å²) in [6, 6.07) is 6.91. The van der Waals surface area contributed by atoms with E-state index in [9.17, 15) is 12.8 Å². The quantitative estimate of drug-likeness (QED) is 0.811. The molecule has 1 unspecified atom stereocenters. The summed E-state index contributed by atoms with van der Waals surface area (Å²) in [6.45, 7) is 4.25. The SMILES string of the molecule is CC(F)(CC(C)(C)S(N)(=O)=O)c1ccc(I)cc1. The van der Waals surface area contributed by atoms with Crippen molar-refractivity contribution in [2.45, 2.75) is 37.6 Å². The first kappa shape index (κ1) is 15.8. The lowest BCUT2D eigenvalue weighted by atomic mass is 9.88. The van der Waals surface area contributed by atoms with E-state index in [1.165, 1.54) is 20.8 Å². The van der Waals surface area contributed by atoms with Gasteiger partial charge >= 0.3 is 0 Å². The molecule has 0 aliphatic heterocycles. The van der Waals surface area contributed by atoms with E-state index >= 15 is 0 Å². The number of rotatable bonds is 4. The van der Waals surface area contributed by atoms with E-state index in [0.717, 1.165) is 3.57 Å². The molecule has 1 aromatic carbocycles. The van der Waals surface area contributed by atoms with Crippen LogP contribution in [0, 0.1) is 3.57 Å². The van der Waals surface area contributed by atoms with E-state index in [4.69, 9.17) is 5.14 Å². The summed E-state index contributed by atoms with van der Waals surface area (Å²) < 4.78 is 37.2. The maximum atomic E-state index is 14.7. The zero-order valence-electron chi connectivity index (χ0n) is 10.6. The van der Waals surface area contributed by atoms with Gasteiger partial charge in [0.2, 0.25) is 10.0 Å². The molecule has 0 aliphatic carbocycles. The molecule has 0 heterocycles. The molecule has 0 saturated carbocycles. The Morgan fingerprint density at radius 2 is 1.67 bits per heavy atom. The molecule has 0 aromatic heterocycles. The smallest absolute Gasteiger partial charge is 0.214 e. The van der Waals surface area contributed by atoms with Crippen LogP contribution in [0.3, 0.4) is 0 Å². The number of benzene rings is 1. The minimum absolute atomic E-state index is 0.181. The van der Waals surface area contributed by atoms with Crippen LogP contribution in [0.2, 0.25) is 0 Å². The molecule has 1 rings (SSSR count). The highest BCUT2D eigenvalue weighted by molar-refractivity contribution is 14.1. The first-order chi connectivity index (χ1) is 7.96. The number of sulfonamides is 1. The van der Waals surface area contributed by atoms with E-state index < -0.39 is 20.4 Å². The predicted molar refractivity (Wildman–Crippen MR) is 79.4 cm³/mol. The highest BCUT2D eigenvalue weighted by atomic mass is 127. The zero-order chi connectivity index (χ0) is 14.2. The van der Waals surface area contributed by atoms with Crippen LogP contribution in [0.4, 0.5) is 4.39 Å². The summed E-state index contributed by atoms with van der Waals surface area (Å²) in [7, 11) is -3.79. The third kappa shape index (κ3) is 3.64. The van der Waals surface area contributed by atoms with Crippen LogP contribution in [0.1, 0.15) is 32.8 Å². The van der Waals surface area contributed by atoms with E-state index in [1.54, 1.807) is 24.3 Å². The Morgan fingerprint density at radius 1 is 1.22 bits per heavy atom. The van der Waals surface area contributed by atoms with Crippen molar-refractivity contribution in [2.24, 2.45) is 5.14 Å². The van der Waals surface area contributed by atoms with E-state index in [0.29, 0.717) is 5.56 Å². The maximum absolute atomic E-state index is 14.7. The van der Waals surface area contributed by atoms with Gasteiger partial charge in [-0.05, 0) is 61.1 Å². The van der Waals surface area contributed by atoms with Gasteiger partial charge in [0.05, 0.1) is 4.75 Å². The fraction of sp³-hybridized carbons (Fsp3) is 0.500. The van der Waals surface area contributed by atoms with Crippen molar-refractivity contribution >= 4 is 32.6 Å². The van der Waals surface area contributed by atoms with Gasteiger partial charge in [0.1, 0.15) is 5.67 Å². The molecule has 18 heavy (non-hydrogen) atoms. The molecular weight excluding hydrogens is 368 g/mol. The molecule has 102 valence electrons. The second kappa shape index (κ2) is 5.05. The number of alkyl halides is 1. The van der Waals surface area contributed by atoms with E-state index in [2.05, 4.69) is 22.6 Å². The van der Waals surface area contributed by atoms with Crippen LogP contribution in [-0.2, 0) is 15.7 Å². The van der Waals surface area contributed by atoms with Gasteiger partial charge in [0, 0.05) is 9.99 Å². The molecule has 1 aromatic rings. The fourth-order valence-corrected chi connectivity index (χ4v) is 2.63.